The second kappa shape index (κ2) is 9.53. The largest absolute Gasteiger partial charge is 0.352 e. The van der Waals surface area contributed by atoms with Crippen LogP contribution in [0.4, 0.5) is 0 Å². The number of fused-ring (bicyclic) bond motifs is 1. The Morgan fingerprint density at radius 1 is 1.08 bits per heavy atom. The lowest BCUT2D eigenvalue weighted by molar-refractivity contribution is -0.131. The van der Waals surface area contributed by atoms with Gasteiger partial charge in [0.15, 0.2) is 0 Å². The van der Waals surface area contributed by atoms with E-state index in [9.17, 15) is 9.59 Å². The number of benzene rings is 1. The molecule has 0 radical (unpaired) electrons. The molecule has 6 heteroatoms. The SMILES string of the molecule is CS[C@H](C)CC(=O)NCc1ccc2c(c1)CN(C(=O)C[C@H](C)SC)C2. The van der Waals surface area contributed by atoms with Crippen molar-refractivity contribution in [3.8, 4) is 0 Å². The molecule has 0 aliphatic carbocycles. The van der Waals surface area contributed by atoms with Crippen molar-refractivity contribution < 1.29 is 9.59 Å². The van der Waals surface area contributed by atoms with Crippen LogP contribution in [0.3, 0.4) is 0 Å². The summed E-state index contributed by atoms with van der Waals surface area (Å²) in [6.45, 7) is 6.08. The van der Waals surface area contributed by atoms with E-state index in [0.717, 1.165) is 5.56 Å². The van der Waals surface area contributed by atoms with E-state index in [4.69, 9.17) is 0 Å². The zero-order valence-corrected chi connectivity index (χ0v) is 17.1. The lowest BCUT2D eigenvalue weighted by Gasteiger charge is -2.17. The summed E-state index contributed by atoms with van der Waals surface area (Å²) in [4.78, 5) is 26.2. The van der Waals surface area contributed by atoms with Crippen LogP contribution in [0, 0.1) is 0 Å². The fraction of sp³-hybridized carbons (Fsp3) is 0.579. The first-order valence-electron chi connectivity index (χ1n) is 8.63. The molecular weight excluding hydrogens is 352 g/mol. The number of nitrogens with one attached hydrogen (secondary N) is 1. The van der Waals surface area contributed by atoms with E-state index in [2.05, 4.69) is 37.4 Å². The molecular formula is C19H28N2O2S2. The van der Waals surface area contributed by atoms with Crippen LogP contribution in [0.5, 0.6) is 0 Å². The number of thioether (sulfide) groups is 2. The van der Waals surface area contributed by atoms with Gasteiger partial charge in [-0.3, -0.25) is 9.59 Å². The van der Waals surface area contributed by atoms with E-state index < -0.39 is 0 Å². The Morgan fingerprint density at radius 3 is 2.40 bits per heavy atom. The van der Waals surface area contributed by atoms with Crippen molar-refractivity contribution in [1.29, 1.82) is 0 Å². The van der Waals surface area contributed by atoms with Crippen molar-refractivity contribution in [3.63, 3.8) is 0 Å². The van der Waals surface area contributed by atoms with E-state index in [1.807, 2.05) is 17.4 Å². The number of amides is 2. The maximum Gasteiger partial charge on any atom is 0.224 e. The molecule has 1 aromatic rings. The molecule has 0 unspecified atom stereocenters. The molecule has 1 heterocycles. The fourth-order valence-corrected chi connectivity index (χ4v) is 3.44. The average molecular weight is 381 g/mol. The second-order valence-corrected chi connectivity index (χ2v) is 9.18. The van der Waals surface area contributed by atoms with E-state index >= 15 is 0 Å². The Kier molecular flexibility index (Phi) is 7.69. The molecule has 1 aromatic carbocycles. The summed E-state index contributed by atoms with van der Waals surface area (Å²) in [7, 11) is 0. The van der Waals surface area contributed by atoms with Crippen LogP contribution in [-0.4, -0.2) is 39.7 Å². The molecule has 25 heavy (non-hydrogen) atoms. The summed E-state index contributed by atoms with van der Waals surface area (Å²) in [6, 6.07) is 6.27. The number of rotatable bonds is 8. The van der Waals surface area contributed by atoms with E-state index in [0.29, 0.717) is 43.0 Å². The maximum absolute atomic E-state index is 12.4. The van der Waals surface area contributed by atoms with Crippen LogP contribution >= 0.6 is 23.5 Å². The Morgan fingerprint density at radius 2 is 1.72 bits per heavy atom. The van der Waals surface area contributed by atoms with Gasteiger partial charge in [0.2, 0.25) is 11.8 Å². The molecule has 1 aliphatic rings. The summed E-state index contributed by atoms with van der Waals surface area (Å²) in [5.41, 5.74) is 3.52. The topological polar surface area (TPSA) is 49.4 Å². The predicted octanol–water partition coefficient (Wildman–Crippen LogP) is 3.43. The molecule has 2 amide bonds. The van der Waals surface area contributed by atoms with Crippen LogP contribution in [0.2, 0.25) is 0 Å². The fourth-order valence-electron chi connectivity index (χ4n) is 2.81. The van der Waals surface area contributed by atoms with Gasteiger partial charge in [0.25, 0.3) is 0 Å². The highest BCUT2D eigenvalue weighted by atomic mass is 32.2. The number of hydrogen-bond acceptors (Lipinski definition) is 4. The van der Waals surface area contributed by atoms with Gasteiger partial charge >= 0.3 is 0 Å². The van der Waals surface area contributed by atoms with Crippen molar-refractivity contribution >= 4 is 35.3 Å². The van der Waals surface area contributed by atoms with Gasteiger partial charge in [-0.1, -0.05) is 32.0 Å². The van der Waals surface area contributed by atoms with Gasteiger partial charge < -0.3 is 10.2 Å². The van der Waals surface area contributed by atoms with Crippen LogP contribution < -0.4 is 5.32 Å². The van der Waals surface area contributed by atoms with E-state index in [-0.39, 0.29) is 11.8 Å². The predicted molar refractivity (Wildman–Crippen MR) is 108 cm³/mol. The monoisotopic (exact) mass is 380 g/mol. The lowest BCUT2D eigenvalue weighted by atomic mass is 10.1. The van der Waals surface area contributed by atoms with Gasteiger partial charge in [-0.2, -0.15) is 23.5 Å². The maximum atomic E-state index is 12.4. The zero-order valence-electron chi connectivity index (χ0n) is 15.5. The molecule has 1 N–H and O–H groups in total. The molecule has 4 nitrogen and oxygen atoms in total. The van der Waals surface area contributed by atoms with Crippen molar-refractivity contribution in [2.75, 3.05) is 12.5 Å². The molecule has 0 bridgehead atoms. The first-order valence-corrected chi connectivity index (χ1v) is 11.2. The van der Waals surface area contributed by atoms with Gasteiger partial charge in [0.1, 0.15) is 0 Å². The minimum Gasteiger partial charge on any atom is -0.352 e. The quantitative estimate of drug-likeness (QED) is 0.751. The Labute approximate surface area is 159 Å². The third kappa shape index (κ3) is 5.96. The van der Waals surface area contributed by atoms with Crippen LogP contribution in [0.15, 0.2) is 18.2 Å². The molecule has 2 rings (SSSR count). The highest BCUT2D eigenvalue weighted by molar-refractivity contribution is 7.99. The third-order valence-electron chi connectivity index (χ3n) is 4.58. The number of nitrogens with zero attached hydrogens (tertiary/aromatic N) is 1. The summed E-state index contributed by atoms with van der Waals surface area (Å²) in [5, 5.41) is 3.68. The molecule has 0 spiro atoms. The normalized spacial score (nSPS) is 15.6. The highest BCUT2D eigenvalue weighted by Crippen LogP contribution is 2.25. The lowest BCUT2D eigenvalue weighted by Crippen LogP contribution is -2.27. The van der Waals surface area contributed by atoms with Crippen LogP contribution in [0.25, 0.3) is 0 Å². The van der Waals surface area contributed by atoms with Crippen molar-refractivity contribution in [2.45, 2.75) is 56.8 Å². The first kappa shape index (κ1) is 20.2. The third-order valence-corrected chi connectivity index (χ3v) is 6.52. The Hall–Kier alpha value is -1.14. The van der Waals surface area contributed by atoms with Gasteiger partial charge in [0, 0.05) is 43.0 Å². The van der Waals surface area contributed by atoms with Gasteiger partial charge in [0.05, 0.1) is 0 Å². The Balaban J connectivity index is 1.89. The van der Waals surface area contributed by atoms with Crippen LogP contribution in [0.1, 0.15) is 43.4 Å². The van der Waals surface area contributed by atoms with E-state index in [1.54, 1.807) is 23.5 Å². The second-order valence-electron chi connectivity index (χ2n) is 6.63. The smallest absolute Gasteiger partial charge is 0.224 e. The zero-order chi connectivity index (χ0) is 18.4. The van der Waals surface area contributed by atoms with Gasteiger partial charge in [-0.25, -0.2) is 0 Å². The first-order chi connectivity index (χ1) is 11.9. The molecule has 0 aromatic heterocycles. The molecule has 0 saturated heterocycles. The highest BCUT2D eigenvalue weighted by Gasteiger charge is 2.24. The summed E-state index contributed by atoms with van der Waals surface area (Å²) < 4.78 is 0. The number of hydrogen-bond donors (Lipinski definition) is 1. The molecule has 2 atom stereocenters. The van der Waals surface area contributed by atoms with Crippen LogP contribution in [-0.2, 0) is 29.2 Å². The van der Waals surface area contributed by atoms with Gasteiger partial charge in [-0.05, 0) is 29.2 Å². The Bertz CT molecular complexity index is 621. The summed E-state index contributed by atoms with van der Waals surface area (Å²) >= 11 is 3.42. The summed E-state index contributed by atoms with van der Waals surface area (Å²) in [5.74, 6) is 0.309. The standard InChI is InChI=1S/C19H28N2O2S2/c1-13(24-3)7-18(22)20-10-15-5-6-16-11-21(12-17(16)9-15)19(23)8-14(2)25-4/h5-6,9,13-14H,7-8,10-12H2,1-4H3,(H,20,22)/t13-,14+/m1/s1. The molecule has 0 fully saturated rings. The molecule has 138 valence electrons. The van der Waals surface area contributed by atoms with Gasteiger partial charge in [-0.15, -0.1) is 0 Å². The van der Waals surface area contributed by atoms with Crippen molar-refractivity contribution in [3.05, 3.63) is 34.9 Å². The molecule has 1 aliphatic heterocycles. The number of carbonyl (C=O) groups is 2. The molecule has 0 saturated carbocycles. The average Bonchev–Trinajstić information content (AvgIpc) is 3.03. The van der Waals surface area contributed by atoms with Crippen molar-refractivity contribution in [2.24, 2.45) is 0 Å². The minimum atomic E-state index is 0.0882. The van der Waals surface area contributed by atoms with Crippen molar-refractivity contribution in [1.82, 2.24) is 10.2 Å². The summed E-state index contributed by atoms with van der Waals surface area (Å²) in [6.07, 6.45) is 5.19. The van der Waals surface area contributed by atoms with E-state index in [1.165, 1.54) is 11.1 Å². The number of carbonyl (C=O) groups excluding carboxylic acids is 2. The minimum absolute atomic E-state index is 0.0882.